The molecule has 0 aliphatic heterocycles. The Balaban J connectivity index is 2.63. The number of nitrogens with zero attached hydrogens (tertiary/aromatic N) is 2. The van der Waals surface area contributed by atoms with Crippen LogP contribution in [0.25, 0.3) is 11.3 Å². The van der Waals surface area contributed by atoms with Crippen LogP contribution < -0.4 is 9.47 Å². The Labute approximate surface area is 104 Å². The van der Waals surface area contributed by atoms with Crippen molar-refractivity contribution in [3.63, 3.8) is 0 Å². The van der Waals surface area contributed by atoms with E-state index in [-0.39, 0.29) is 0 Å². The van der Waals surface area contributed by atoms with E-state index in [0.29, 0.717) is 28.3 Å². The Hall–Kier alpha value is -2.43. The average molecular weight is 244 g/mol. The maximum absolute atomic E-state index is 11.1. The lowest BCUT2D eigenvalue weighted by Crippen LogP contribution is -1.96. The summed E-state index contributed by atoms with van der Waals surface area (Å²) in [6.45, 7) is 0. The Morgan fingerprint density at radius 2 is 1.83 bits per heavy atom. The summed E-state index contributed by atoms with van der Waals surface area (Å²) in [5.41, 5.74) is 1.75. The van der Waals surface area contributed by atoms with Gasteiger partial charge in [-0.25, -0.2) is 0 Å². The number of carbonyl (C=O) groups is 1. The molecule has 0 fully saturated rings. The zero-order valence-electron chi connectivity index (χ0n) is 10.1. The molecule has 5 heteroatoms. The van der Waals surface area contributed by atoms with Crippen LogP contribution in [0.3, 0.4) is 0 Å². The number of benzene rings is 1. The fraction of sp³-hybridized carbons (Fsp3) is 0.154. The Morgan fingerprint density at radius 3 is 2.39 bits per heavy atom. The second-order valence-corrected chi connectivity index (χ2v) is 3.50. The van der Waals surface area contributed by atoms with Gasteiger partial charge in [-0.15, -0.1) is 0 Å². The molecule has 0 unspecified atom stereocenters. The molecule has 1 aromatic carbocycles. The van der Waals surface area contributed by atoms with Gasteiger partial charge in [0.1, 0.15) is 0 Å². The third kappa shape index (κ3) is 2.15. The van der Waals surface area contributed by atoms with Gasteiger partial charge in [-0.3, -0.25) is 14.8 Å². The fourth-order valence-corrected chi connectivity index (χ4v) is 1.65. The third-order valence-corrected chi connectivity index (χ3v) is 2.52. The maximum atomic E-state index is 11.1. The number of methoxy groups -OCH3 is 2. The van der Waals surface area contributed by atoms with Crippen LogP contribution in [0, 0.1) is 0 Å². The van der Waals surface area contributed by atoms with E-state index >= 15 is 0 Å². The van der Waals surface area contributed by atoms with Gasteiger partial charge in [-0.2, -0.15) is 0 Å². The molecule has 0 saturated heterocycles. The second kappa shape index (κ2) is 5.27. The molecule has 1 aromatic heterocycles. The van der Waals surface area contributed by atoms with E-state index in [1.54, 1.807) is 37.8 Å². The first-order chi connectivity index (χ1) is 8.80. The van der Waals surface area contributed by atoms with E-state index in [1.807, 2.05) is 0 Å². The van der Waals surface area contributed by atoms with Gasteiger partial charge in [0, 0.05) is 23.5 Å². The highest BCUT2D eigenvalue weighted by Crippen LogP contribution is 2.33. The van der Waals surface area contributed by atoms with Crippen LogP contribution in [0.15, 0.2) is 30.7 Å². The molecule has 5 nitrogen and oxygen atoms in total. The summed E-state index contributed by atoms with van der Waals surface area (Å²) in [5, 5.41) is 0. The molecule has 0 spiro atoms. The lowest BCUT2D eigenvalue weighted by Gasteiger charge is -2.11. The quantitative estimate of drug-likeness (QED) is 0.769. The monoisotopic (exact) mass is 244 g/mol. The minimum atomic E-state index is 0.480. The molecule has 0 N–H and O–H groups in total. The largest absolute Gasteiger partial charge is 0.493 e. The average Bonchev–Trinajstić information content (AvgIpc) is 2.46. The van der Waals surface area contributed by atoms with Crippen molar-refractivity contribution in [3.05, 3.63) is 36.3 Å². The molecule has 1 heterocycles. The molecule has 0 aliphatic rings. The van der Waals surface area contributed by atoms with Crippen molar-refractivity contribution in [2.75, 3.05) is 14.2 Å². The zero-order chi connectivity index (χ0) is 13.0. The van der Waals surface area contributed by atoms with Crippen LogP contribution in [0.1, 0.15) is 10.4 Å². The van der Waals surface area contributed by atoms with Gasteiger partial charge in [-0.05, 0) is 12.1 Å². The highest BCUT2D eigenvalue weighted by Gasteiger charge is 2.13. The number of carbonyl (C=O) groups excluding carboxylic acids is 1. The molecule has 0 saturated carbocycles. The molecule has 0 bridgehead atoms. The van der Waals surface area contributed by atoms with Gasteiger partial charge in [0.2, 0.25) is 0 Å². The molecule has 2 rings (SSSR count). The molecule has 0 amide bonds. The van der Waals surface area contributed by atoms with Crippen molar-refractivity contribution in [1.29, 1.82) is 0 Å². The number of hydrogen-bond donors (Lipinski definition) is 0. The van der Waals surface area contributed by atoms with Gasteiger partial charge in [0.15, 0.2) is 17.8 Å². The summed E-state index contributed by atoms with van der Waals surface area (Å²) in [6, 6.07) is 3.34. The van der Waals surface area contributed by atoms with Gasteiger partial charge in [0.05, 0.1) is 26.1 Å². The smallest absolute Gasteiger partial charge is 0.161 e. The minimum absolute atomic E-state index is 0.480. The molecular formula is C13H12N2O3. The summed E-state index contributed by atoms with van der Waals surface area (Å²) in [5.74, 6) is 1.05. The van der Waals surface area contributed by atoms with Crippen LogP contribution in [0.5, 0.6) is 11.5 Å². The lowest BCUT2D eigenvalue weighted by molar-refractivity contribution is 0.112. The standard InChI is InChI=1S/C13H12N2O3/c1-17-12-5-9(8-16)10(6-13(12)18-2)11-7-14-3-4-15-11/h3-8H,1-2H3. The number of aldehydes is 1. The highest BCUT2D eigenvalue weighted by atomic mass is 16.5. The van der Waals surface area contributed by atoms with Gasteiger partial charge in [-0.1, -0.05) is 0 Å². The van der Waals surface area contributed by atoms with E-state index in [1.165, 1.54) is 7.11 Å². The summed E-state index contributed by atoms with van der Waals surface area (Å²) in [7, 11) is 3.06. The van der Waals surface area contributed by atoms with Crippen molar-refractivity contribution in [1.82, 2.24) is 9.97 Å². The third-order valence-electron chi connectivity index (χ3n) is 2.52. The first-order valence-corrected chi connectivity index (χ1v) is 5.27. The number of aromatic nitrogens is 2. The highest BCUT2D eigenvalue weighted by molar-refractivity contribution is 5.88. The SMILES string of the molecule is COc1cc(C=O)c(-c2cnccn2)cc1OC. The minimum Gasteiger partial charge on any atom is -0.493 e. The lowest BCUT2D eigenvalue weighted by atomic mass is 10.0. The summed E-state index contributed by atoms with van der Waals surface area (Å²) < 4.78 is 10.4. The molecule has 0 atom stereocenters. The van der Waals surface area contributed by atoms with Crippen molar-refractivity contribution in [2.45, 2.75) is 0 Å². The van der Waals surface area contributed by atoms with Crippen LogP contribution in [0.4, 0.5) is 0 Å². The summed E-state index contributed by atoms with van der Waals surface area (Å²) in [4.78, 5) is 19.3. The van der Waals surface area contributed by atoms with Crippen LogP contribution in [-0.4, -0.2) is 30.5 Å². The van der Waals surface area contributed by atoms with Crippen molar-refractivity contribution in [3.8, 4) is 22.8 Å². The number of ether oxygens (including phenoxy) is 2. The Morgan fingerprint density at radius 1 is 1.11 bits per heavy atom. The predicted molar refractivity (Wildman–Crippen MR) is 66.0 cm³/mol. The Kier molecular flexibility index (Phi) is 3.52. The molecule has 2 aromatic rings. The van der Waals surface area contributed by atoms with Crippen molar-refractivity contribution < 1.29 is 14.3 Å². The molecule has 0 aliphatic carbocycles. The molecular weight excluding hydrogens is 232 g/mol. The maximum Gasteiger partial charge on any atom is 0.161 e. The summed E-state index contributed by atoms with van der Waals surface area (Å²) >= 11 is 0. The van der Waals surface area contributed by atoms with Crippen LogP contribution >= 0.6 is 0 Å². The van der Waals surface area contributed by atoms with E-state index in [2.05, 4.69) is 9.97 Å². The summed E-state index contributed by atoms with van der Waals surface area (Å²) in [6.07, 6.45) is 5.49. The molecule has 18 heavy (non-hydrogen) atoms. The van der Waals surface area contributed by atoms with E-state index < -0.39 is 0 Å². The van der Waals surface area contributed by atoms with Crippen molar-refractivity contribution in [2.24, 2.45) is 0 Å². The van der Waals surface area contributed by atoms with E-state index in [0.717, 1.165) is 6.29 Å². The van der Waals surface area contributed by atoms with Gasteiger partial charge < -0.3 is 9.47 Å². The predicted octanol–water partition coefficient (Wildman–Crippen LogP) is 1.97. The van der Waals surface area contributed by atoms with Crippen molar-refractivity contribution >= 4 is 6.29 Å². The number of rotatable bonds is 4. The Bertz CT molecular complexity index is 556. The second-order valence-electron chi connectivity index (χ2n) is 3.50. The normalized spacial score (nSPS) is 9.89. The van der Waals surface area contributed by atoms with E-state index in [9.17, 15) is 4.79 Å². The van der Waals surface area contributed by atoms with Crippen LogP contribution in [-0.2, 0) is 0 Å². The fourth-order valence-electron chi connectivity index (χ4n) is 1.65. The topological polar surface area (TPSA) is 61.3 Å². The van der Waals surface area contributed by atoms with Gasteiger partial charge >= 0.3 is 0 Å². The van der Waals surface area contributed by atoms with E-state index in [4.69, 9.17) is 9.47 Å². The zero-order valence-corrected chi connectivity index (χ0v) is 10.1. The van der Waals surface area contributed by atoms with Crippen LogP contribution in [0.2, 0.25) is 0 Å². The van der Waals surface area contributed by atoms with Gasteiger partial charge in [0.25, 0.3) is 0 Å². The molecule has 92 valence electrons. The number of hydrogen-bond acceptors (Lipinski definition) is 5. The first-order valence-electron chi connectivity index (χ1n) is 5.27. The first kappa shape index (κ1) is 12.0. The molecule has 0 radical (unpaired) electrons.